The average Bonchev–Trinajstić information content (AvgIpc) is 2.05. The summed E-state index contributed by atoms with van der Waals surface area (Å²) in [6.45, 7) is -0.0260. The molecule has 0 saturated heterocycles. The van der Waals surface area contributed by atoms with Crippen LogP contribution in [0.3, 0.4) is 0 Å². The predicted octanol–water partition coefficient (Wildman–Crippen LogP) is 0.162. The second-order valence-electron chi connectivity index (χ2n) is 2.27. The molecule has 0 aliphatic rings. The molecule has 0 amide bonds. The summed E-state index contributed by atoms with van der Waals surface area (Å²) in [5.41, 5.74) is 1.19. The van der Waals surface area contributed by atoms with Gasteiger partial charge in [-0.25, -0.2) is 0 Å². The van der Waals surface area contributed by atoms with Crippen LogP contribution in [-0.4, -0.2) is 15.3 Å². The maximum Gasteiger partial charge on any atom is 0.178 e. The molecule has 3 N–H and O–H groups in total. The largest absolute Gasteiger partial charge is 0.392 e. The van der Waals surface area contributed by atoms with Gasteiger partial charge in [0.15, 0.2) is 6.29 Å². The number of rotatable bonds is 2. The summed E-state index contributed by atoms with van der Waals surface area (Å²) in [4.78, 5) is 0. The van der Waals surface area contributed by atoms with Gasteiger partial charge in [-0.1, -0.05) is 24.3 Å². The summed E-state index contributed by atoms with van der Waals surface area (Å²) in [5.74, 6) is 0. The molecule has 3 nitrogen and oxygen atoms in total. The van der Waals surface area contributed by atoms with Crippen molar-refractivity contribution >= 4 is 0 Å². The minimum Gasteiger partial charge on any atom is -0.392 e. The molecule has 11 heavy (non-hydrogen) atoms. The van der Waals surface area contributed by atoms with E-state index >= 15 is 0 Å². The van der Waals surface area contributed by atoms with Gasteiger partial charge in [0.25, 0.3) is 0 Å². The lowest BCUT2D eigenvalue weighted by Crippen LogP contribution is -1.94. The predicted molar refractivity (Wildman–Crippen MR) is 39.5 cm³/mol. The lowest BCUT2D eigenvalue weighted by molar-refractivity contribution is -0.0425. The van der Waals surface area contributed by atoms with Crippen LogP contribution in [-0.2, 0) is 6.61 Å². The van der Waals surface area contributed by atoms with Crippen molar-refractivity contribution in [3.05, 3.63) is 35.4 Å². The first kappa shape index (κ1) is 8.20. The van der Waals surface area contributed by atoms with Crippen molar-refractivity contribution in [2.75, 3.05) is 0 Å². The standard InChI is InChI=1S/C8H10O3/c9-5-6-1-3-7(4-2-6)8(10)11/h1-4,8-11H,5H2. The first-order valence-corrected chi connectivity index (χ1v) is 3.30. The number of aliphatic hydroxyl groups excluding tert-OH is 2. The van der Waals surface area contributed by atoms with Gasteiger partial charge in [-0.05, 0) is 5.56 Å². The molecule has 0 bridgehead atoms. The zero-order valence-corrected chi connectivity index (χ0v) is 5.94. The Balaban J connectivity index is 2.83. The molecule has 0 saturated carbocycles. The zero-order chi connectivity index (χ0) is 8.27. The van der Waals surface area contributed by atoms with E-state index in [9.17, 15) is 0 Å². The van der Waals surface area contributed by atoms with Crippen molar-refractivity contribution in [1.82, 2.24) is 0 Å². The van der Waals surface area contributed by atoms with Crippen molar-refractivity contribution in [2.24, 2.45) is 0 Å². The molecule has 0 fully saturated rings. The summed E-state index contributed by atoms with van der Waals surface area (Å²) >= 11 is 0. The van der Waals surface area contributed by atoms with Crippen LogP contribution in [0.4, 0.5) is 0 Å². The first-order chi connectivity index (χ1) is 5.24. The lowest BCUT2D eigenvalue weighted by Gasteiger charge is -2.03. The van der Waals surface area contributed by atoms with E-state index in [0.717, 1.165) is 5.56 Å². The van der Waals surface area contributed by atoms with Crippen molar-refractivity contribution in [2.45, 2.75) is 12.9 Å². The van der Waals surface area contributed by atoms with Crippen LogP contribution >= 0.6 is 0 Å². The van der Waals surface area contributed by atoms with E-state index in [-0.39, 0.29) is 6.61 Å². The fourth-order valence-electron chi connectivity index (χ4n) is 0.795. The van der Waals surface area contributed by atoms with E-state index in [1.54, 1.807) is 24.3 Å². The Morgan fingerprint density at radius 3 is 2.00 bits per heavy atom. The van der Waals surface area contributed by atoms with Gasteiger partial charge in [0.1, 0.15) is 0 Å². The SMILES string of the molecule is OCc1ccc(C(O)O)cc1. The van der Waals surface area contributed by atoms with E-state index in [1.165, 1.54) is 0 Å². The molecular weight excluding hydrogens is 144 g/mol. The summed E-state index contributed by atoms with van der Waals surface area (Å²) in [7, 11) is 0. The molecular formula is C8H10O3. The van der Waals surface area contributed by atoms with E-state index in [2.05, 4.69) is 0 Å². The fraction of sp³-hybridized carbons (Fsp3) is 0.250. The van der Waals surface area contributed by atoms with Gasteiger partial charge in [0.05, 0.1) is 6.61 Å². The van der Waals surface area contributed by atoms with Gasteiger partial charge in [0.2, 0.25) is 0 Å². The zero-order valence-electron chi connectivity index (χ0n) is 5.94. The van der Waals surface area contributed by atoms with E-state index in [4.69, 9.17) is 15.3 Å². The van der Waals surface area contributed by atoms with Gasteiger partial charge in [-0.2, -0.15) is 0 Å². The number of hydrogen-bond acceptors (Lipinski definition) is 3. The molecule has 1 aromatic rings. The highest BCUT2D eigenvalue weighted by Crippen LogP contribution is 2.10. The van der Waals surface area contributed by atoms with Crippen LogP contribution < -0.4 is 0 Å². The minimum absolute atomic E-state index is 0.0260. The molecule has 1 rings (SSSR count). The lowest BCUT2D eigenvalue weighted by atomic mass is 10.1. The first-order valence-electron chi connectivity index (χ1n) is 3.30. The molecule has 1 aromatic carbocycles. The molecule has 0 unspecified atom stereocenters. The highest BCUT2D eigenvalue weighted by molar-refractivity contribution is 5.22. The Kier molecular flexibility index (Phi) is 2.59. The van der Waals surface area contributed by atoms with Gasteiger partial charge in [-0.15, -0.1) is 0 Å². The Labute approximate surface area is 64.5 Å². The molecule has 0 atom stereocenters. The minimum atomic E-state index is -1.43. The Bertz CT molecular complexity index is 215. The van der Waals surface area contributed by atoms with Crippen LogP contribution in [0.25, 0.3) is 0 Å². The van der Waals surface area contributed by atoms with Gasteiger partial charge >= 0.3 is 0 Å². The van der Waals surface area contributed by atoms with Gasteiger partial charge < -0.3 is 15.3 Å². The van der Waals surface area contributed by atoms with E-state index in [0.29, 0.717) is 5.56 Å². The number of benzene rings is 1. The van der Waals surface area contributed by atoms with Crippen LogP contribution in [0.5, 0.6) is 0 Å². The fourth-order valence-corrected chi connectivity index (χ4v) is 0.795. The summed E-state index contributed by atoms with van der Waals surface area (Å²) in [5, 5.41) is 26.0. The molecule has 0 radical (unpaired) electrons. The van der Waals surface area contributed by atoms with Crippen LogP contribution in [0, 0.1) is 0 Å². The van der Waals surface area contributed by atoms with Crippen LogP contribution in [0.1, 0.15) is 17.4 Å². The second kappa shape index (κ2) is 3.48. The molecule has 3 heteroatoms. The summed E-state index contributed by atoms with van der Waals surface area (Å²) < 4.78 is 0. The highest BCUT2D eigenvalue weighted by atomic mass is 16.5. The van der Waals surface area contributed by atoms with Crippen molar-refractivity contribution in [3.8, 4) is 0 Å². The van der Waals surface area contributed by atoms with Gasteiger partial charge in [-0.3, -0.25) is 0 Å². The molecule has 0 heterocycles. The highest BCUT2D eigenvalue weighted by Gasteiger charge is 2.00. The topological polar surface area (TPSA) is 60.7 Å². The van der Waals surface area contributed by atoms with Crippen molar-refractivity contribution in [3.63, 3.8) is 0 Å². The third-order valence-electron chi connectivity index (χ3n) is 1.46. The third-order valence-corrected chi connectivity index (χ3v) is 1.46. The third kappa shape index (κ3) is 2.01. The molecule has 0 aromatic heterocycles. The quantitative estimate of drug-likeness (QED) is 0.532. The molecule has 0 spiro atoms. The average molecular weight is 154 g/mol. The molecule has 0 aliphatic carbocycles. The normalized spacial score (nSPS) is 10.5. The maximum atomic E-state index is 8.68. The molecule has 0 aliphatic heterocycles. The second-order valence-corrected chi connectivity index (χ2v) is 2.27. The monoisotopic (exact) mass is 154 g/mol. The summed E-state index contributed by atoms with van der Waals surface area (Å²) in [6.07, 6.45) is -1.43. The molecule has 60 valence electrons. The van der Waals surface area contributed by atoms with E-state index < -0.39 is 6.29 Å². The van der Waals surface area contributed by atoms with E-state index in [1.807, 2.05) is 0 Å². The summed E-state index contributed by atoms with van der Waals surface area (Å²) in [6, 6.07) is 6.43. The number of aliphatic hydroxyl groups is 3. The maximum absolute atomic E-state index is 8.68. The smallest absolute Gasteiger partial charge is 0.178 e. The Morgan fingerprint density at radius 2 is 1.64 bits per heavy atom. The van der Waals surface area contributed by atoms with Gasteiger partial charge in [0, 0.05) is 5.56 Å². The Hall–Kier alpha value is -0.900. The van der Waals surface area contributed by atoms with Crippen molar-refractivity contribution < 1.29 is 15.3 Å². The number of hydrogen-bond donors (Lipinski definition) is 3. The van der Waals surface area contributed by atoms with Crippen molar-refractivity contribution in [1.29, 1.82) is 0 Å². The van der Waals surface area contributed by atoms with Crippen LogP contribution in [0.2, 0.25) is 0 Å². The van der Waals surface area contributed by atoms with Crippen LogP contribution in [0.15, 0.2) is 24.3 Å². The Morgan fingerprint density at radius 1 is 1.09 bits per heavy atom.